The van der Waals surface area contributed by atoms with Crippen molar-refractivity contribution in [2.45, 2.75) is 20.8 Å². The van der Waals surface area contributed by atoms with Gasteiger partial charge < -0.3 is 15.0 Å². The Balaban J connectivity index is 2.62. The average molecular weight is 236 g/mol. The second-order valence-electron chi connectivity index (χ2n) is 4.16. The second kappa shape index (κ2) is 7.17. The molecule has 1 aromatic carbocycles. The van der Waals surface area contributed by atoms with E-state index in [1.807, 2.05) is 6.92 Å². The zero-order valence-corrected chi connectivity index (χ0v) is 11.4. The Bertz CT molecular complexity index is 339. The summed E-state index contributed by atoms with van der Waals surface area (Å²) in [6.07, 6.45) is 0. The van der Waals surface area contributed by atoms with Crippen molar-refractivity contribution < 1.29 is 4.74 Å². The number of nitrogens with one attached hydrogen (secondary N) is 1. The summed E-state index contributed by atoms with van der Waals surface area (Å²) in [5.74, 6) is 0.983. The molecule has 17 heavy (non-hydrogen) atoms. The molecule has 0 radical (unpaired) electrons. The lowest BCUT2D eigenvalue weighted by molar-refractivity contribution is 0.338. The second-order valence-corrected chi connectivity index (χ2v) is 4.16. The summed E-state index contributed by atoms with van der Waals surface area (Å²) in [6, 6.07) is 6.35. The highest BCUT2D eigenvalue weighted by Crippen LogP contribution is 2.23. The van der Waals surface area contributed by atoms with Crippen LogP contribution >= 0.6 is 0 Å². The fourth-order valence-electron chi connectivity index (χ4n) is 1.74. The standard InChI is InChI=1S/C14H24N2O/c1-5-15-9-10-16(4)13-7-8-14(17-6-2)12(3)11-13/h7-8,11,15H,5-6,9-10H2,1-4H3. The van der Waals surface area contributed by atoms with Crippen molar-refractivity contribution in [3.05, 3.63) is 23.8 Å². The van der Waals surface area contributed by atoms with E-state index in [1.165, 1.54) is 11.3 Å². The van der Waals surface area contributed by atoms with E-state index in [0.717, 1.165) is 32.0 Å². The zero-order chi connectivity index (χ0) is 12.7. The summed E-state index contributed by atoms with van der Waals surface area (Å²) in [5.41, 5.74) is 2.43. The molecule has 0 bridgehead atoms. The van der Waals surface area contributed by atoms with Gasteiger partial charge in [0.15, 0.2) is 0 Å². The first kappa shape index (κ1) is 13.8. The minimum Gasteiger partial charge on any atom is -0.494 e. The van der Waals surface area contributed by atoms with Crippen molar-refractivity contribution in [2.75, 3.05) is 38.2 Å². The van der Waals surface area contributed by atoms with E-state index in [1.54, 1.807) is 0 Å². The van der Waals surface area contributed by atoms with Crippen molar-refractivity contribution in [2.24, 2.45) is 0 Å². The van der Waals surface area contributed by atoms with Crippen molar-refractivity contribution in [3.8, 4) is 5.75 Å². The van der Waals surface area contributed by atoms with Crippen LogP contribution in [-0.4, -0.2) is 33.3 Å². The Morgan fingerprint density at radius 1 is 1.29 bits per heavy atom. The van der Waals surface area contributed by atoms with Crippen LogP contribution in [0.1, 0.15) is 19.4 Å². The van der Waals surface area contributed by atoms with Gasteiger partial charge in [0.05, 0.1) is 6.61 Å². The third kappa shape index (κ3) is 4.27. The number of ether oxygens (including phenoxy) is 1. The van der Waals surface area contributed by atoms with Crippen molar-refractivity contribution in [1.82, 2.24) is 5.32 Å². The number of benzene rings is 1. The number of hydrogen-bond acceptors (Lipinski definition) is 3. The molecule has 0 aliphatic rings. The van der Waals surface area contributed by atoms with Crippen LogP contribution in [-0.2, 0) is 0 Å². The van der Waals surface area contributed by atoms with Crippen LogP contribution in [0.3, 0.4) is 0 Å². The van der Waals surface area contributed by atoms with Gasteiger partial charge in [-0.2, -0.15) is 0 Å². The van der Waals surface area contributed by atoms with Gasteiger partial charge in [-0.1, -0.05) is 6.92 Å². The van der Waals surface area contributed by atoms with Gasteiger partial charge in [0, 0.05) is 25.8 Å². The molecule has 0 aromatic heterocycles. The third-order valence-corrected chi connectivity index (χ3v) is 2.77. The monoisotopic (exact) mass is 236 g/mol. The minimum atomic E-state index is 0.719. The molecule has 1 aromatic rings. The molecule has 0 amide bonds. The van der Waals surface area contributed by atoms with Gasteiger partial charge in [0.2, 0.25) is 0 Å². The summed E-state index contributed by atoms with van der Waals surface area (Å²) >= 11 is 0. The Kier molecular flexibility index (Phi) is 5.84. The first-order valence-corrected chi connectivity index (χ1v) is 6.34. The number of rotatable bonds is 7. The largest absolute Gasteiger partial charge is 0.494 e. The quantitative estimate of drug-likeness (QED) is 0.736. The molecule has 0 unspecified atom stereocenters. The number of likely N-dealkylation sites (N-methyl/N-ethyl adjacent to an activating group) is 2. The molecule has 3 heteroatoms. The zero-order valence-electron chi connectivity index (χ0n) is 11.4. The number of aryl methyl sites for hydroxylation is 1. The van der Waals surface area contributed by atoms with Gasteiger partial charge in [-0.05, 0) is 44.2 Å². The Morgan fingerprint density at radius 3 is 2.65 bits per heavy atom. The molecule has 0 spiro atoms. The first-order chi connectivity index (χ1) is 8.19. The first-order valence-electron chi connectivity index (χ1n) is 6.34. The summed E-state index contributed by atoms with van der Waals surface area (Å²) in [7, 11) is 2.12. The van der Waals surface area contributed by atoms with Gasteiger partial charge in [0.25, 0.3) is 0 Å². The lowest BCUT2D eigenvalue weighted by Gasteiger charge is -2.20. The fraction of sp³-hybridized carbons (Fsp3) is 0.571. The van der Waals surface area contributed by atoms with Gasteiger partial charge in [-0.15, -0.1) is 0 Å². The van der Waals surface area contributed by atoms with Crippen LogP contribution in [0.15, 0.2) is 18.2 Å². The normalized spacial score (nSPS) is 10.4. The highest BCUT2D eigenvalue weighted by Gasteiger charge is 2.04. The van der Waals surface area contributed by atoms with Crippen molar-refractivity contribution in [3.63, 3.8) is 0 Å². The van der Waals surface area contributed by atoms with Crippen LogP contribution in [0.5, 0.6) is 5.75 Å². The molecule has 0 fully saturated rings. The minimum absolute atomic E-state index is 0.719. The third-order valence-electron chi connectivity index (χ3n) is 2.77. The molecule has 0 atom stereocenters. The van der Waals surface area contributed by atoms with Gasteiger partial charge >= 0.3 is 0 Å². The van der Waals surface area contributed by atoms with Crippen molar-refractivity contribution >= 4 is 5.69 Å². The molecular weight excluding hydrogens is 212 g/mol. The smallest absolute Gasteiger partial charge is 0.122 e. The molecular formula is C14H24N2O. The van der Waals surface area contributed by atoms with E-state index in [-0.39, 0.29) is 0 Å². The van der Waals surface area contributed by atoms with E-state index < -0.39 is 0 Å². The maximum absolute atomic E-state index is 5.54. The summed E-state index contributed by atoms with van der Waals surface area (Å²) < 4.78 is 5.54. The van der Waals surface area contributed by atoms with Crippen LogP contribution < -0.4 is 15.0 Å². The van der Waals surface area contributed by atoms with E-state index in [9.17, 15) is 0 Å². The molecule has 1 N–H and O–H groups in total. The highest BCUT2D eigenvalue weighted by molar-refractivity contribution is 5.52. The molecule has 0 saturated carbocycles. The van der Waals surface area contributed by atoms with Gasteiger partial charge in [-0.25, -0.2) is 0 Å². The van der Waals surface area contributed by atoms with Crippen LogP contribution in [0.4, 0.5) is 5.69 Å². The number of anilines is 1. The predicted octanol–water partition coefficient (Wildman–Crippen LogP) is 2.44. The maximum atomic E-state index is 5.54. The van der Waals surface area contributed by atoms with Crippen molar-refractivity contribution in [1.29, 1.82) is 0 Å². The summed E-state index contributed by atoms with van der Waals surface area (Å²) in [5, 5.41) is 3.33. The molecule has 3 nitrogen and oxygen atoms in total. The van der Waals surface area contributed by atoms with E-state index in [2.05, 4.69) is 49.3 Å². The van der Waals surface area contributed by atoms with Crippen LogP contribution in [0.2, 0.25) is 0 Å². The van der Waals surface area contributed by atoms with E-state index in [4.69, 9.17) is 4.74 Å². The van der Waals surface area contributed by atoms with Crippen LogP contribution in [0, 0.1) is 6.92 Å². The molecule has 0 saturated heterocycles. The highest BCUT2D eigenvalue weighted by atomic mass is 16.5. The van der Waals surface area contributed by atoms with Gasteiger partial charge in [-0.3, -0.25) is 0 Å². The Labute approximate surface area is 105 Å². The maximum Gasteiger partial charge on any atom is 0.122 e. The lowest BCUT2D eigenvalue weighted by atomic mass is 10.2. The predicted molar refractivity (Wildman–Crippen MR) is 74.2 cm³/mol. The SMILES string of the molecule is CCNCCN(C)c1ccc(OCC)c(C)c1. The molecule has 0 heterocycles. The average Bonchev–Trinajstić information content (AvgIpc) is 2.32. The van der Waals surface area contributed by atoms with Crippen LogP contribution in [0.25, 0.3) is 0 Å². The fourth-order valence-corrected chi connectivity index (χ4v) is 1.74. The molecule has 96 valence electrons. The number of nitrogens with zero attached hydrogens (tertiary/aromatic N) is 1. The summed E-state index contributed by atoms with van der Waals surface area (Å²) in [4.78, 5) is 2.26. The van der Waals surface area contributed by atoms with Gasteiger partial charge in [0.1, 0.15) is 5.75 Å². The molecule has 0 aliphatic carbocycles. The molecule has 0 aliphatic heterocycles. The summed E-state index contributed by atoms with van der Waals surface area (Å²) in [6.45, 7) is 10.00. The number of hydrogen-bond donors (Lipinski definition) is 1. The van der Waals surface area contributed by atoms with E-state index >= 15 is 0 Å². The Morgan fingerprint density at radius 2 is 2.06 bits per heavy atom. The van der Waals surface area contributed by atoms with E-state index in [0.29, 0.717) is 0 Å². The lowest BCUT2D eigenvalue weighted by Crippen LogP contribution is -2.28. The molecule has 1 rings (SSSR count). The Hall–Kier alpha value is -1.22. The topological polar surface area (TPSA) is 24.5 Å².